The van der Waals surface area contributed by atoms with E-state index >= 15 is 0 Å². The Labute approximate surface area is 159 Å². The molecular formula is C23H48N2. The molecule has 0 bridgehead atoms. The van der Waals surface area contributed by atoms with E-state index in [0.29, 0.717) is 0 Å². The molecule has 2 unspecified atom stereocenters. The van der Waals surface area contributed by atoms with Crippen molar-refractivity contribution in [3.05, 3.63) is 0 Å². The summed E-state index contributed by atoms with van der Waals surface area (Å²) in [6.45, 7) is 5.80. The highest BCUT2D eigenvalue weighted by Gasteiger charge is 2.34. The molecule has 0 aromatic rings. The zero-order valence-corrected chi connectivity index (χ0v) is 17.8. The van der Waals surface area contributed by atoms with Crippen LogP contribution in [0.5, 0.6) is 0 Å². The number of nitrogens with one attached hydrogen (secondary N) is 1. The first-order valence-corrected chi connectivity index (χ1v) is 11.6. The van der Waals surface area contributed by atoms with Gasteiger partial charge in [-0.3, -0.25) is 0 Å². The fourth-order valence-electron chi connectivity index (χ4n) is 4.00. The van der Waals surface area contributed by atoms with E-state index < -0.39 is 0 Å². The molecule has 0 spiro atoms. The fraction of sp³-hybridized carbons (Fsp3) is 1.00. The lowest BCUT2D eigenvalue weighted by Gasteiger charge is -2.10. The van der Waals surface area contributed by atoms with E-state index in [1.54, 1.807) is 6.42 Å². The Balaban J connectivity index is 1.71. The molecular weight excluding hydrogens is 304 g/mol. The van der Waals surface area contributed by atoms with E-state index in [1.807, 2.05) is 0 Å². The van der Waals surface area contributed by atoms with Gasteiger partial charge in [0.2, 0.25) is 0 Å². The Kier molecular flexibility index (Phi) is 14.8. The van der Waals surface area contributed by atoms with Crippen molar-refractivity contribution in [1.29, 1.82) is 0 Å². The molecule has 1 N–H and O–H groups in total. The van der Waals surface area contributed by atoms with Crippen LogP contribution in [0.1, 0.15) is 103 Å². The van der Waals surface area contributed by atoms with Crippen molar-refractivity contribution in [1.82, 2.24) is 10.2 Å². The van der Waals surface area contributed by atoms with Crippen molar-refractivity contribution >= 4 is 0 Å². The van der Waals surface area contributed by atoms with Crippen LogP contribution >= 0.6 is 0 Å². The van der Waals surface area contributed by atoms with Gasteiger partial charge < -0.3 is 10.2 Å². The third-order valence-electron chi connectivity index (χ3n) is 5.91. The summed E-state index contributed by atoms with van der Waals surface area (Å²) < 4.78 is 0. The Morgan fingerprint density at radius 1 is 0.680 bits per heavy atom. The van der Waals surface area contributed by atoms with Gasteiger partial charge in [0.25, 0.3) is 0 Å². The van der Waals surface area contributed by atoms with Crippen molar-refractivity contribution in [2.45, 2.75) is 103 Å². The first-order chi connectivity index (χ1) is 12.2. The Morgan fingerprint density at radius 2 is 1.20 bits per heavy atom. The molecule has 0 heterocycles. The predicted molar refractivity (Wildman–Crippen MR) is 113 cm³/mol. The molecule has 150 valence electrons. The van der Waals surface area contributed by atoms with Gasteiger partial charge in [0.15, 0.2) is 0 Å². The maximum atomic E-state index is 3.54. The normalized spacial score (nSPS) is 19.7. The van der Waals surface area contributed by atoms with E-state index in [0.717, 1.165) is 24.9 Å². The summed E-state index contributed by atoms with van der Waals surface area (Å²) in [6.07, 6.45) is 22.1. The van der Waals surface area contributed by atoms with Crippen LogP contribution in [0, 0.1) is 11.8 Å². The van der Waals surface area contributed by atoms with Crippen LogP contribution in [-0.4, -0.2) is 38.6 Å². The number of hydrogen-bond donors (Lipinski definition) is 1. The molecule has 0 saturated heterocycles. The Morgan fingerprint density at radius 3 is 1.76 bits per heavy atom. The molecule has 2 nitrogen and oxygen atoms in total. The lowest BCUT2D eigenvalue weighted by atomic mass is 10.0. The second-order valence-electron chi connectivity index (χ2n) is 8.78. The molecule has 1 rings (SSSR count). The van der Waals surface area contributed by atoms with Crippen LogP contribution in [0.3, 0.4) is 0 Å². The quantitative estimate of drug-likeness (QED) is 0.276. The van der Waals surface area contributed by atoms with Gasteiger partial charge in [-0.25, -0.2) is 0 Å². The molecule has 0 radical (unpaired) electrons. The average molecular weight is 353 g/mol. The Hall–Kier alpha value is -0.0800. The third kappa shape index (κ3) is 14.7. The third-order valence-corrected chi connectivity index (χ3v) is 5.91. The van der Waals surface area contributed by atoms with Gasteiger partial charge in [-0.05, 0) is 45.3 Å². The maximum Gasteiger partial charge on any atom is 0.0101 e. The second-order valence-corrected chi connectivity index (χ2v) is 8.78. The highest BCUT2D eigenvalue weighted by Crippen LogP contribution is 2.45. The van der Waals surface area contributed by atoms with Crippen molar-refractivity contribution in [2.24, 2.45) is 11.8 Å². The molecule has 0 aromatic carbocycles. The van der Waals surface area contributed by atoms with Gasteiger partial charge in [0.1, 0.15) is 0 Å². The number of nitrogens with zero attached hydrogens (tertiary/aromatic N) is 1. The van der Waals surface area contributed by atoms with Crippen LogP contribution in [0.4, 0.5) is 0 Å². The van der Waals surface area contributed by atoms with Gasteiger partial charge in [-0.15, -0.1) is 0 Å². The summed E-state index contributed by atoms with van der Waals surface area (Å²) in [7, 11) is 4.28. The fourth-order valence-corrected chi connectivity index (χ4v) is 4.00. The first-order valence-electron chi connectivity index (χ1n) is 11.6. The van der Waals surface area contributed by atoms with Crippen molar-refractivity contribution < 1.29 is 0 Å². The summed E-state index contributed by atoms with van der Waals surface area (Å²) in [4.78, 5) is 2.24. The maximum absolute atomic E-state index is 3.54. The zero-order valence-electron chi connectivity index (χ0n) is 17.8. The number of likely N-dealkylation sites (N-methyl/N-ethyl adjacent to an activating group) is 1. The SMILES string of the molecule is CCCCCCCCC1CC1CCCCCCCCNCCN(C)C. The van der Waals surface area contributed by atoms with Crippen molar-refractivity contribution in [2.75, 3.05) is 33.7 Å². The molecule has 2 heteroatoms. The van der Waals surface area contributed by atoms with Crippen molar-refractivity contribution in [3.8, 4) is 0 Å². The minimum atomic E-state index is 1.12. The molecule has 2 atom stereocenters. The van der Waals surface area contributed by atoms with E-state index in [9.17, 15) is 0 Å². The largest absolute Gasteiger partial charge is 0.315 e. The lowest BCUT2D eigenvalue weighted by Crippen LogP contribution is -2.27. The van der Waals surface area contributed by atoms with Crippen LogP contribution in [0.25, 0.3) is 0 Å². The minimum Gasteiger partial charge on any atom is -0.315 e. The summed E-state index contributed by atoms with van der Waals surface area (Å²) >= 11 is 0. The minimum absolute atomic E-state index is 1.12. The molecule has 0 aliphatic heterocycles. The van der Waals surface area contributed by atoms with Crippen LogP contribution in [-0.2, 0) is 0 Å². The molecule has 1 aliphatic carbocycles. The molecule has 25 heavy (non-hydrogen) atoms. The van der Waals surface area contributed by atoms with E-state index in [2.05, 4.69) is 31.2 Å². The predicted octanol–water partition coefficient (Wildman–Crippen LogP) is 6.26. The first kappa shape index (κ1) is 23.0. The number of hydrogen-bond acceptors (Lipinski definition) is 2. The lowest BCUT2D eigenvalue weighted by molar-refractivity contribution is 0.398. The Bertz CT molecular complexity index is 277. The standard InChI is InChI=1S/C23H48N2/c1-4-5-6-7-10-13-16-22-21-23(22)17-14-11-8-9-12-15-18-24-19-20-25(2)3/h22-24H,4-21H2,1-3H3. The highest BCUT2D eigenvalue weighted by atomic mass is 15.1. The van der Waals surface area contributed by atoms with Gasteiger partial charge in [0.05, 0.1) is 0 Å². The monoisotopic (exact) mass is 352 g/mol. The summed E-state index contributed by atoms with van der Waals surface area (Å²) in [5.41, 5.74) is 0. The molecule has 0 aromatic heterocycles. The van der Waals surface area contributed by atoms with Gasteiger partial charge in [0, 0.05) is 13.1 Å². The van der Waals surface area contributed by atoms with Crippen molar-refractivity contribution in [3.63, 3.8) is 0 Å². The van der Waals surface area contributed by atoms with Crippen LogP contribution in [0.2, 0.25) is 0 Å². The molecule has 1 saturated carbocycles. The van der Waals surface area contributed by atoms with E-state index in [1.165, 1.54) is 96.4 Å². The molecule has 1 aliphatic rings. The summed E-state index contributed by atoms with van der Waals surface area (Å²) in [6, 6.07) is 0. The smallest absolute Gasteiger partial charge is 0.0101 e. The summed E-state index contributed by atoms with van der Waals surface area (Å²) in [5, 5.41) is 3.54. The molecule has 0 amide bonds. The average Bonchev–Trinajstić information content (AvgIpc) is 3.34. The van der Waals surface area contributed by atoms with Gasteiger partial charge in [-0.2, -0.15) is 0 Å². The number of unbranched alkanes of at least 4 members (excludes halogenated alkanes) is 10. The van der Waals surface area contributed by atoms with Crippen LogP contribution < -0.4 is 5.32 Å². The zero-order chi connectivity index (χ0) is 18.2. The number of rotatable bonds is 19. The van der Waals surface area contributed by atoms with E-state index in [-0.39, 0.29) is 0 Å². The van der Waals surface area contributed by atoms with Gasteiger partial charge in [-0.1, -0.05) is 90.4 Å². The van der Waals surface area contributed by atoms with Crippen LogP contribution in [0.15, 0.2) is 0 Å². The second kappa shape index (κ2) is 16.1. The topological polar surface area (TPSA) is 15.3 Å². The molecule has 1 fully saturated rings. The van der Waals surface area contributed by atoms with E-state index in [4.69, 9.17) is 0 Å². The van der Waals surface area contributed by atoms with Gasteiger partial charge >= 0.3 is 0 Å². The summed E-state index contributed by atoms with van der Waals surface area (Å²) in [5.74, 6) is 2.25. The highest BCUT2D eigenvalue weighted by molar-refractivity contribution is 4.85.